The molecule has 1 aromatic heterocycles. The summed E-state index contributed by atoms with van der Waals surface area (Å²) in [5, 5.41) is 4.45. The first-order valence-electron chi connectivity index (χ1n) is 5.75. The SMILES string of the molecule is CC(NC(=O)c1sccc1C#CCN)C(=O)N(C)C. The number of amides is 2. The third-order valence-corrected chi connectivity index (χ3v) is 3.27. The fourth-order valence-corrected chi connectivity index (χ4v) is 2.19. The molecule has 0 aliphatic rings. The molecule has 102 valence electrons. The normalized spacial score (nSPS) is 11.2. The van der Waals surface area contributed by atoms with Gasteiger partial charge in [0, 0.05) is 19.7 Å². The van der Waals surface area contributed by atoms with Gasteiger partial charge in [0.05, 0.1) is 6.54 Å². The Labute approximate surface area is 116 Å². The zero-order valence-electron chi connectivity index (χ0n) is 11.2. The summed E-state index contributed by atoms with van der Waals surface area (Å²) < 4.78 is 0. The van der Waals surface area contributed by atoms with Crippen molar-refractivity contribution in [3.63, 3.8) is 0 Å². The van der Waals surface area contributed by atoms with E-state index in [1.807, 2.05) is 0 Å². The lowest BCUT2D eigenvalue weighted by molar-refractivity contribution is -0.130. The van der Waals surface area contributed by atoms with Crippen LogP contribution >= 0.6 is 11.3 Å². The van der Waals surface area contributed by atoms with E-state index in [-0.39, 0.29) is 18.4 Å². The number of nitrogens with one attached hydrogen (secondary N) is 1. The zero-order valence-corrected chi connectivity index (χ0v) is 12.0. The minimum Gasteiger partial charge on any atom is -0.347 e. The van der Waals surface area contributed by atoms with E-state index in [1.54, 1.807) is 32.5 Å². The Balaban J connectivity index is 2.79. The highest BCUT2D eigenvalue weighted by Gasteiger charge is 2.20. The molecule has 0 saturated carbocycles. The lowest BCUT2D eigenvalue weighted by Crippen LogP contribution is -2.44. The van der Waals surface area contributed by atoms with Crippen LogP contribution in [0.25, 0.3) is 0 Å². The van der Waals surface area contributed by atoms with Crippen LogP contribution in [0.3, 0.4) is 0 Å². The Bertz CT molecular complexity index is 525. The van der Waals surface area contributed by atoms with E-state index in [2.05, 4.69) is 17.2 Å². The molecular weight excluding hydrogens is 262 g/mol. The first-order chi connectivity index (χ1) is 8.97. The van der Waals surface area contributed by atoms with Crippen molar-refractivity contribution < 1.29 is 9.59 Å². The first kappa shape index (κ1) is 15.2. The molecule has 1 unspecified atom stereocenters. The Morgan fingerprint density at radius 2 is 2.21 bits per heavy atom. The number of likely N-dealkylation sites (N-methyl/N-ethyl adjacent to an activating group) is 1. The molecule has 0 aliphatic carbocycles. The van der Waals surface area contributed by atoms with Gasteiger partial charge < -0.3 is 16.0 Å². The van der Waals surface area contributed by atoms with Crippen LogP contribution < -0.4 is 11.1 Å². The van der Waals surface area contributed by atoms with Crippen molar-refractivity contribution in [2.24, 2.45) is 5.73 Å². The maximum Gasteiger partial charge on any atom is 0.263 e. The van der Waals surface area contributed by atoms with Crippen LogP contribution in [0, 0.1) is 11.8 Å². The van der Waals surface area contributed by atoms with Gasteiger partial charge in [-0.2, -0.15) is 0 Å². The van der Waals surface area contributed by atoms with Crippen LogP contribution in [0.4, 0.5) is 0 Å². The van der Waals surface area contributed by atoms with Crippen molar-refractivity contribution in [1.82, 2.24) is 10.2 Å². The van der Waals surface area contributed by atoms with Crippen LogP contribution in [0.5, 0.6) is 0 Å². The summed E-state index contributed by atoms with van der Waals surface area (Å²) in [5.74, 6) is 5.10. The maximum absolute atomic E-state index is 12.1. The Hall–Kier alpha value is -1.84. The highest BCUT2D eigenvalue weighted by atomic mass is 32.1. The predicted molar refractivity (Wildman–Crippen MR) is 75.9 cm³/mol. The van der Waals surface area contributed by atoms with Crippen LogP contribution in [0.2, 0.25) is 0 Å². The fraction of sp³-hybridized carbons (Fsp3) is 0.385. The van der Waals surface area contributed by atoms with Crippen LogP contribution in [0.1, 0.15) is 22.2 Å². The Kier molecular flexibility index (Phi) is 5.55. The van der Waals surface area contributed by atoms with E-state index in [4.69, 9.17) is 5.73 Å². The lowest BCUT2D eigenvalue weighted by atomic mass is 10.2. The van der Waals surface area contributed by atoms with Gasteiger partial charge in [0.15, 0.2) is 0 Å². The van der Waals surface area contributed by atoms with Gasteiger partial charge in [-0.25, -0.2) is 0 Å². The summed E-state index contributed by atoms with van der Waals surface area (Å²) in [6.45, 7) is 1.89. The summed E-state index contributed by atoms with van der Waals surface area (Å²) in [4.78, 5) is 25.7. The number of rotatable bonds is 3. The van der Waals surface area contributed by atoms with Crippen LogP contribution in [-0.4, -0.2) is 43.4 Å². The summed E-state index contributed by atoms with van der Waals surface area (Å²) in [7, 11) is 3.29. The third-order valence-electron chi connectivity index (χ3n) is 2.36. The number of carbonyl (C=O) groups excluding carboxylic acids is 2. The molecular formula is C13H17N3O2S. The van der Waals surface area contributed by atoms with Crippen molar-refractivity contribution in [3.05, 3.63) is 21.9 Å². The highest BCUT2D eigenvalue weighted by molar-refractivity contribution is 7.12. The molecule has 19 heavy (non-hydrogen) atoms. The molecule has 0 aromatic carbocycles. The fourth-order valence-electron chi connectivity index (χ4n) is 1.44. The quantitative estimate of drug-likeness (QED) is 0.780. The molecule has 0 saturated heterocycles. The number of nitrogens with two attached hydrogens (primary N) is 1. The second kappa shape index (κ2) is 6.92. The molecule has 0 radical (unpaired) electrons. The molecule has 1 atom stereocenters. The summed E-state index contributed by atoms with van der Waals surface area (Å²) in [6.07, 6.45) is 0. The van der Waals surface area contributed by atoms with Gasteiger partial charge in [-0.1, -0.05) is 11.8 Å². The van der Waals surface area contributed by atoms with E-state index in [9.17, 15) is 9.59 Å². The smallest absolute Gasteiger partial charge is 0.263 e. The van der Waals surface area contributed by atoms with E-state index >= 15 is 0 Å². The molecule has 0 aliphatic heterocycles. The van der Waals surface area contributed by atoms with Gasteiger partial charge in [0.25, 0.3) is 5.91 Å². The van der Waals surface area contributed by atoms with E-state index in [0.29, 0.717) is 10.4 Å². The number of hydrogen-bond donors (Lipinski definition) is 2. The molecule has 3 N–H and O–H groups in total. The van der Waals surface area contributed by atoms with Crippen molar-refractivity contribution in [3.8, 4) is 11.8 Å². The highest BCUT2D eigenvalue weighted by Crippen LogP contribution is 2.15. The predicted octanol–water partition coefficient (Wildman–Crippen LogP) is 0.265. The number of thiophene rings is 1. The molecule has 0 spiro atoms. The second-order valence-electron chi connectivity index (χ2n) is 4.10. The van der Waals surface area contributed by atoms with Gasteiger partial charge in [-0.15, -0.1) is 11.3 Å². The van der Waals surface area contributed by atoms with E-state index < -0.39 is 6.04 Å². The standard InChI is InChI=1S/C13H17N3O2S/c1-9(13(18)16(2)3)15-12(17)11-10(5-4-7-14)6-8-19-11/h6,8-9H,7,14H2,1-3H3,(H,15,17). The minimum absolute atomic E-state index is 0.153. The Morgan fingerprint density at radius 3 is 2.79 bits per heavy atom. The monoisotopic (exact) mass is 279 g/mol. The Morgan fingerprint density at radius 1 is 1.53 bits per heavy atom. The lowest BCUT2D eigenvalue weighted by Gasteiger charge is -2.17. The van der Waals surface area contributed by atoms with Gasteiger partial charge in [-0.3, -0.25) is 9.59 Å². The second-order valence-corrected chi connectivity index (χ2v) is 5.01. The van der Waals surface area contributed by atoms with Crippen molar-refractivity contribution >= 4 is 23.2 Å². The minimum atomic E-state index is -0.570. The number of nitrogens with zero attached hydrogens (tertiary/aromatic N) is 1. The van der Waals surface area contributed by atoms with Crippen molar-refractivity contribution in [2.45, 2.75) is 13.0 Å². The average Bonchev–Trinajstić information content (AvgIpc) is 2.83. The molecule has 0 fully saturated rings. The molecule has 6 heteroatoms. The van der Waals surface area contributed by atoms with Crippen molar-refractivity contribution in [1.29, 1.82) is 0 Å². The van der Waals surface area contributed by atoms with Gasteiger partial charge in [0.1, 0.15) is 10.9 Å². The molecule has 5 nitrogen and oxygen atoms in total. The van der Waals surface area contributed by atoms with Gasteiger partial charge in [-0.05, 0) is 18.4 Å². The van der Waals surface area contributed by atoms with Gasteiger partial charge in [0.2, 0.25) is 5.91 Å². The van der Waals surface area contributed by atoms with Crippen LogP contribution in [-0.2, 0) is 4.79 Å². The summed E-state index contributed by atoms with van der Waals surface area (Å²) in [6, 6.07) is 1.20. The average molecular weight is 279 g/mol. The molecule has 0 bridgehead atoms. The topological polar surface area (TPSA) is 75.4 Å². The molecule has 1 aromatic rings. The largest absolute Gasteiger partial charge is 0.347 e. The zero-order chi connectivity index (χ0) is 14.4. The molecule has 1 heterocycles. The molecule has 2 amide bonds. The third kappa shape index (κ3) is 4.09. The van der Waals surface area contributed by atoms with E-state index in [0.717, 1.165) is 0 Å². The van der Waals surface area contributed by atoms with Crippen molar-refractivity contribution in [2.75, 3.05) is 20.6 Å². The molecule has 1 rings (SSSR count). The summed E-state index contributed by atoms with van der Waals surface area (Å²) >= 11 is 1.29. The maximum atomic E-state index is 12.1. The summed E-state index contributed by atoms with van der Waals surface area (Å²) in [5.41, 5.74) is 5.94. The number of carbonyl (C=O) groups is 2. The van der Waals surface area contributed by atoms with Gasteiger partial charge >= 0.3 is 0 Å². The first-order valence-corrected chi connectivity index (χ1v) is 6.63. The van der Waals surface area contributed by atoms with Crippen LogP contribution in [0.15, 0.2) is 11.4 Å². The number of hydrogen-bond acceptors (Lipinski definition) is 4. The van der Waals surface area contributed by atoms with E-state index in [1.165, 1.54) is 16.2 Å².